The van der Waals surface area contributed by atoms with Crippen LogP contribution in [0.25, 0.3) is 0 Å². The highest BCUT2D eigenvalue weighted by Crippen LogP contribution is 2.26. The molecule has 5 nitrogen and oxygen atoms in total. The lowest BCUT2D eigenvalue weighted by molar-refractivity contribution is -0.117. The molecule has 3 rings (SSSR count). The van der Waals surface area contributed by atoms with E-state index >= 15 is 0 Å². The van der Waals surface area contributed by atoms with Crippen LogP contribution in [0.2, 0.25) is 5.02 Å². The molecule has 2 aromatic carbocycles. The topological polar surface area (TPSA) is 62.4 Å². The molecular weight excluding hydrogens is 338 g/mol. The summed E-state index contributed by atoms with van der Waals surface area (Å²) in [6, 6.07) is 13.2. The molecule has 0 aliphatic carbocycles. The smallest absolute Gasteiger partial charge is 0.242 e. The van der Waals surface area contributed by atoms with Gasteiger partial charge in [-0.2, -0.15) is 0 Å². The van der Waals surface area contributed by atoms with E-state index in [0.29, 0.717) is 18.1 Å². The van der Waals surface area contributed by atoms with Crippen LogP contribution in [-0.4, -0.2) is 18.6 Å². The summed E-state index contributed by atoms with van der Waals surface area (Å²) in [6.07, 6.45) is 0.666. The summed E-state index contributed by atoms with van der Waals surface area (Å²) >= 11 is 6.11. The second-order valence-corrected chi connectivity index (χ2v) is 6.44. The number of benzene rings is 2. The van der Waals surface area contributed by atoms with Gasteiger partial charge in [0, 0.05) is 16.8 Å². The van der Waals surface area contributed by atoms with E-state index in [1.54, 1.807) is 0 Å². The molecule has 1 saturated heterocycles. The number of ether oxygens (including phenoxy) is 1. The number of anilines is 1. The molecule has 1 aliphatic rings. The Kier molecular flexibility index (Phi) is 5.58. The number of rotatable bonds is 5. The van der Waals surface area contributed by atoms with Gasteiger partial charge < -0.3 is 10.1 Å². The summed E-state index contributed by atoms with van der Waals surface area (Å²) in [4.78, 5) is 12.5. The molecule has 6 heteroatoms. The van der Waals surface area contributed by atoms with Crippen molar-refractivity contribution in [2.45, 2.75) is 32.4 Å². The van der Waals surface area contributed by atoms with Crippen molar-refractivity contribution >= 4 is 23.2 Å². The molecule has 0 bridgehead atoms. The number of carbonyl (C=O) groups excluding carboxylic acids is 1. The van der Waals surface area contributed by atoms with Crippen LogP contribution in [0.15, 0.2) is 42.5 Å². The van der Waals surface area contributed by atoms with Crippen LogP contribution < -0.4 is 20.9 Å². The van der Waals surface area contributed by atoms with Crippen LogP contribution in [0.4, 0.5) is 5.69 Å². The zero-order valence-corrected chi connectivity index (χ0v) is 15.1. The predicted molar refractivity (Wildman–Crippen MR) is 99.8 cm³/mol. The van der Waals surface area contributed by atoms with Crippen LogP contribution >= 0.6 is 11.6 Å². The fourth-order valence-electron chi connectivity index (χ4n) is 2.87. The normalized spacial score (nSPS) is 19.6. The van der Waals surface area contributed by atoms with Gasteiger partial charge in [0.25, 0.3) is 0 Å². The highest BCUT2D eigenvalue weighted by Gasteiger charge is 2.30. The molecule has 0 radical (unpaired) electrons. The van der Waals surface area contributed by atoms with Gasteiger partial charge in [-0.25, -0.2) is 10.9 Å². The third kappa shape index (κ3) is 4.12. The Balaban J connectivity index is 1.62. The van der Waals surface area contributed by atoms with Crippen molar-refractivity contribution < 1.29 is 9.53 Å². The second-order valence-electron chi connectivity index (χ2n) is 6.03. The van der Waals surface area contributed by atoms with E-state index in [2.05, 4.69) is 16.2 Å². The van der Waals surface area contributed by atoms with E-state index in [0.717, 1.165) is 22.6 Å². The van der Waals surface area contributed by atoms with E-state index in [-0.39, 0.29) is 18.0 Å². The molecule has 2 unspecified atom stereocenters. The van der Waals surface area contributed by atoms with Crippen LogP contribution in [0.5, 0.6) is 5.75 Å². The Bertz CT molecular complexity index is 749. The minimum Gasteiger partial charge on any atom is -0.494 e. The van der Waals surface area contributed by atoms with E-state index in [1.807, 2.05) is 56.3 Å². The molecule has 25 heavy (non-hydrogen) atoms. The Morgan fingerprint density at radius 2 is 2.00 bits per heavy atom. The van der Waals surface area contributed by atoms with Crippen molar-refractivity contribution in [3.63, 3.8) is 0 Å². The third-order valence-corrected chi connectivity index (χ3v) is 4.75. The number of hydrazine groups is 1. The summed E-state index contributed by atoms with van der Waals surface area (Å²) in [5, 5.41) is 3.59. The van der Waals surface area contributed by atoms with Gasteiger partial charge in [-0.3, -0.25) is 4.79 Å². The second kappa shape index (κ2) is 7.87. The van der Waals surface area contributed by atoms with E-state index in [4.69, 9.17) is 16.3 Å². The van der Waals surface area contributed by atoms with E-state index in [9.17, 15) is 4.79 Å². The molecule has 132 valence electrons. The lowest BCUT2D eigenvalue weighted by Gasteiger charge is -2.13. The van der Waals surface area contributed by atoms with Crippen LogP contribution in [0.3, 0.4) is 0 Å². The number of amides is 1. The molecule has 1 fully saturated rings. The number of hydrogen-bond acceptors (Lipinski definition) is 4. The van der Waals surface area contributed by atoms with Gasteiger partial charge in [-0.1, -0.05) is 29.8 Å². The maximum Gasteiger partial charge on any atom is 0.242 e. The van der Waals surface area contributed by atoms with Crippen molar-refractivity contribution in [1.82, 2.24) is 10.9 Å². The summed E-state index contributed by atoms with van der Waals surface area (Å²) in [5.41, 5.74) is 8.98. The average molecular weight is 360 g/mol. The van der Waals surface area contributed by atoms with Crippen molar-refractivity contribution in [2.75, 3.05) is 11.9 Å². The quantitative estimate of drug-likeness (QED) is 0.763. The Morgan fingerprint density at radius 1 is 1.24 bits per heavy atom. The van der Waals surface area contributed by atoms with Gasteiger partial charge in [-0.15, -0.1) is 0 Å². The van der Waals surface area contributed by atoms with Gasteiger partial charge in [0.1, 0.15) is 11.8 Å². The van der Waals surface area contributed by atoms with Gasteiger partial charge >= 0.3 is 0 Å². The Morgan fingerprint density at radius 3 is 2.72 bits per heavy atom. The molecular formula is C19H22ClN3O2. The van der Waals surface area contributed by atoms with Crippen molar-refractivity contribution in [3.8, 4) is 5.75 Å². The summed E-state index contributed by atoms with van der Waals surface area (Å²) in [7, 11) is 0. The first-order chi connectivity index (χ1) is 12.1. The number of nitrogens with one attached hydrogen (secondary N) is 3. The Labute approximate surface area is 152 Å². The SMILES string of the molecule is CCOc1ccc(C2CC(C(=O)Nc3cccc(Cl)c3C)NN2)cc1. The molecule has 1 amide bonds. The maximum atomic E-state index is 12.5. The molecule has 2 atom stereocenters. The van der Waals surface area contributed by atoms with Crippen LogP contribution in [0.1, 0.15) is 30.5 Å². The lowest BCUT2D eigenvalue weighted by atomic mass is 10.0. The molecule has 1 aliphatic heterocycles. The van der Waals surface area contributed by atoms with Crippen LogP contribution in [0, 0.1) is 6.92 Å². The molecule has 3 N–H and O–H groups in total. The first kappa shape index (κ1) is 17.7. The zero-order chi connectivity index (χ0) is 17.8. The largest absolute Gasteiger partial charge is 0.494 e. The van der Waals surface area contributed by atoms with Crippen LogP contribution in [-0.2, 0) is 4.79 Å². The fraction of sp³-hybridized carbons (Fsp3) is 0.316. The van der Waals surface area contributed by atoms with Gasteiger partial charge in [0.2, 0.25) is 5.91 Å². The fourth-order valence-corrected chi connectivity index (χ4v) is 3.05. The third-order valence-electron chi connectivity index (χ3n) is 4.34. The summed E-state index contributed by atoms with van der Waals surface area (Å²) in [5.74, 6) is 0.772. The number of carbonyl (C=O) groups is 1. The summed E-state index contributed by atoms with van der Waals surface area (Å²) < 4.78 is 5.46. The molecule has 0 saturated carbocycles. The maximum absolute atomic E-state index is 12.5. The number of halogens is 1. The summed E-state index contributed by atoms with van der Waals surface area (Å²) in [6.45, 7) is 4.50. The molecule has 2 aromatic rings. The minimum absolute atomic E-state index is 0.0758. The Hall–Kier alpha value is -2.08. The van der Waals surface area contributed by atoms with Crippen molar-refractivity contribution in [3.05, 3.63) is 58.6 Å². The first-order valence-corrected chi connectivity index (χ1v) is 8.76. The zero-order valence-electron chi connectivity index (χ0n) is 14.3. The highest BCUT2D eigenvalue weighted by molar-refractivity contribution is 6.31. The van der Waals surface area contributed by atoms with Gasteiger partial charge in [-0.05, 0) is 55.7 Å². The predicted octanol–water partition coefficient (Wildman–Crippen LogP) is 3.59. The monoisotopic (exact) mass is 359 g/mol. The standard InChI is InChI=1S/C19H22ClN3O2/c1-3-25-14-9-7-13(8-10-14)17-11-18(23-22-17)19(24)21-16-6-4-5-15(20)12(16)2/h4-10,17-18,22-23H,3,11H2,1-2H3,(H,21,24). The van der Waals surface area contributed by atoms with Gasteiger partial charge in [0.15, 0.2) is 0 Å². The lowest BCUT2D eigenvalue weighted by Crippen LogP contribution is -2.39. The van der Waals surface area contributed by atoms with Crippen molar-refractivity contribution in [2.24, 2.45) is 0 Å². The van der Waals surface area contributed by atoms with E-state index in [1.165, 1.54) is 0 Å². The molecule has 0 spiro atoms. The molecule has 0 aromatic heterocycles. The van der Waals surface area contributed by atoms with Crippen molar-refractivity contribution in [1.29, 1.82) is 0 Å². The number of hydrogen-bond donors (Lipinski definition) is 3. The highest BCUT2D eigenvalue weighted by atomic mass is 35.5. The van der Waals surface area contributed by atoms with E-state index < -0.39 is 0 Å². The first-order valence-electron chi connectivity index (χ1n) is 8.38. The van der Waals surface area contributed by atoms with Gasteiger partial charge in [0.05, 0.1) is 6.61 Å². The average Bonchev–Trinajstić information content (AvgIpc) is 3.10. The minimum atomic E-state index is -0.310. The molecule has 1 heterocycles.